The maximum atomic E-state index is 10.8. The molecule has 0 bridgehead atoms. The van der Waals surface area contributed by atoms with Gasteiger partial charge in [0.15, 0.2) is 0 Å². The number of benzene rings is 1. The predicted octanol–water partition coefficient (Wildman–Crippen LogP) is 2.37. The number of nitrogens with zero attached hydrogens (tertiary/aromatic N) is 4. The first-order valence-corrected chi connectivity index (χ1v) is 8.80. The normalized spacial score (nSPS) is 14.5. The van der Waals surface area contributed by atoms with Gasteiger partial charge in [-0.15, -0.1) is 0 Å². The van der Waals surface area contributed by atoms with E-state index in [1.165, 1.54) is 5.56 Å². The lowest BCUT2D eigenvalue weighted by atomic mass is 10.1. The van der Waals surface area contributed by atoms with Crippen LogP contribution in [0.2, 0.25) is 5.02 Å². The van der Waals surface area contributed by atoms with Crippen molar-refractivity contribution in [2.45, 2.75) is 13.3 Å². The molecule has 1 saturated heterocycles. The van der Waals surface area contributed by atoms with Crippen LogP contribution in [0.5, 0.6) is 0 Å². The number of halogens is 1. The number of nitrogens with one attached hydrogen (secondary N) is 1. The fourth-order valence-electron chi connectivity index (χ4n) is 2.80. The first-order chi connectivity index (χ1) is 12.1. The minimum Gasteiger partial charge on any atom is -0.370 e. The molecule has 0 spiro atoms. The highest BCUT2D eigenvalue weighted by Gasteiger charge is 2.18. The van der Waals surface area contributed by atoms with E-state index < -0.39 is 0 Å². The van der Waals surface area contributed by atoms with Gasteiger partial charge in [0.1, 0.15) is 5.82 Å². The molecule has 25 heavy (non-hydrogen) atoms. The molecule has 132 valence electrons. The summed E-state index contributed by atoms with van der Waals surface area (Å²) in [5.74, 6) is 1.55. The van der Waals surface area contributed by atoms with Gasteiger partial charge in [-0.25, -0.2) is 4.98 Å². The van der Waals surface area contributed by atoms with Crippen molar-refractivity contribution >= 4 is 29.8 Å². The van der Waals surface area contributed by atoms with E-state index in [2.05, 4.69) is 20.2 Å². The quantitative estimate of drug-likeness (QED) is 0.802. The molecule has 1 aromatic carbocycles. The molecule has 1 aliphatic heterocycles. The van der Waals surface area contributed by atoms with E-state index in [1.807, 2.05) is 37.3 Å². The third-order valence-corrected chi connectivity index (χ3v) is 4.47. The number of carbonyl (C=O) groups is 1. The third kappa shape index (κ3) is 4.82. The first kappa shape index (κ1) is 17.5. The van der Waals surface area contributed by atoms with Crippen LogP contribution < -0.4 is 10.2 Å². The molecule has 1 fully saturated rings. The van der Waals surface area contributed by atoms with E-state index >= 15 is 0 Å². The number of rotatable bonds is 6. The highest BCUT2D eigenvalue weighted by Crippen LogP contribution is 2.16. The maximum absolute atomic E-state index is 10.8. The average molecular weight is 360 g/mol. The minimum absolute atomic E-state index is 0.708. The summed E-state index contributed by atoms with van der Waals surface area (Å²) in [5, 5.41) is 4.12. The monoisotopic (exact) mass is 359 g/mol. The molecular formula is C18H22ClN5O. The highest BCUT2D eigenvalue weighted by molar-refractivity contribution is 6.30. The topological polar surface area (TPSA) is 61.4 Å². The van der Waals surface area contributed by atoms with Gasteiger partial charge < -0.3 is 15.1 Å². The van der Waals surface area contributed by atoms with E-state index in [9.17, 15) is 4.79 Å². The van der Waals surface area contributed by atoms with Crippen LogP contribution in [0.25, 0.3) is 0 Å². The van der Waals surface area contributed by atoms with Gasteiger partial charge in [0.2, 0.25) is 12.4 Å². The molecule has 2 aromatic rings. The molecule has 1 N–H and O–H groups in total. The fourth-order valence-corrected chi connectivity index (χ4v) is 2.92. The number of carbonyl (C=O) groups excluding carboxylic acids is 1. The van der Waals surface area contributed by atoms with Gasteiger partial charge in [0.25, 0.3) is 0 Å². The van der Waals surface area contributed by atoms with E-state index in [4.69, 9.17) is 11.6 Å². The SMILES string of the molecule is Cc1cc(NCCc2ccc(Cl)cc2)nc(N2CCN(C=O)CC2)n1. The van der Waals surface area contributed by atoms with Gasteiger partial charge in [0.05, 0.1) is 0 Å². The largest absolute Gasteiger partial charge is 0.370 e. The summed E-state index contributed by atoms with van der Waals surface area (Å²) in [6.45, 7) is 5.69. The molecule has 0 aliphatic carbocycles. The summed E-state index contributed by atoms with van der Waals surface area (Å²) in [5.41, 5.74) is 2.16. The number of hydrogen-bond acceptors (Lipinski definition) is 5. The Bertz CT molecular complexity index is 714. The number of anilines is 2. The van der Waals surface area contributed by atoms with Gasteiger partial charge in [-0.1, -0.05) is 23.7 Å². The summed E-state index contributed by atoms with van der Waals surface area (Å²) in [6.07, 6.45) is 1.80. The van der Waals surface area contributed by atoms with E-state index in [0.29, 0.717) is 13.1 Å². The van der Waals surface area contributed by atoms with Crippen molar-refractivity contribution in [2.24, 2.45) is 0 Å². The van der Waals surface area contributed by atoms with Gasteiger partial charge in [-0.2, -0.15) is 4.98 Å². The smallest absolute Gasteiger partial charge is 0.227 e. The maximum Gasteiger partial charge on any atom is 0.227 e. The van der Waals surface area contributed by atoms with Crippen molar-refractivity contribution in [1.82, 2.24) is 14.9 Å². The van der Waals surface area contributed by atoms with Crippen molar-refractivity contribution in [1.29, 1.82) is 0 Å². The Morgan fingerprint density at radius 2 is 1.88 bits per heavy atom. The van der Waals surface area contributed by atoms with Crippen LogP contribution in [0.4, 0.5) is 11.8 Å². The predicted molar refractivity (Wildman–Crippen MR) is 100 cm³/mol. The van der Waals surface area contributed by atoms with Crippen molar-refractivity contribution < 1.29 is 4.79 Å². The zero-order valence-corrected chi connectivity index (χ0v) is 15.0. The van der Waals surface area contributed by atoms with Gasteiger partial charge in [-0.05, 0) is 31.0 Å². The summed E-state index contributed by atoms with van der Waals surface area (Å²) >= 11 is 5.91. The number of aryl methyl sites for hydroxylation is 1. The average Bonchev–Trinajstić information content (AvgIpc) is 2.63. The van der Waals surface area contributed by atoms with E-state index in [0.717, 1.165) is 54.9 Å². The zero-order valence-electron chi connectivity index (χ0n) is 14.3. The second-order valence-electron chi connectivity index (χ2n) is 6.13. The second-order valence-corrected chi connectivity index (χ2v) is 6.56. The Kier molecular flexibility index (Phi) is 5.71. The molecule has 2 heterocycles. The molecule has 1 aliphatic rings. The summed E-state index contributed by atoms with van der Waals surface area (Å²) < 4.78 is 0. The van der Waals surface area contributed by atoms with Crippen molar-refractivity contribution in [3.05, 3.63) is 46.6 Å². The Morgan fingerprint density at radius 1 is 1.16 bits per heavy atom. The van der Waals surface area contributed by atoms with Crippen LogP contribution in [0.3, 0.4) is 0 Å². The molecule has 0 saturated carbocycles. The number of piperazine rings is 1. The standard InChI is InChI=1S/C18H22ClN5O/c1-14-12-17(20-7-6-15-2-4-16(19)5-3-15)22-18(21-14)24-10-8-23(13-25)9-11-24/h2-5,12-13H,6-11H2,1H3,(H,20,21,22). The highest BCUT2D eigenvalue weighted by atomic mass is 35.5. The molecule has 0 atom stereocenters. The Balaban J connectivity index is 1.59. The zero-order chi connectivity index (χ0) is 17.6. The Hall–Kier alpha value is -2.34. The van der Waals surface area contributed by atoms with E-state index in [-0.39, 0.29) is 0 Å². The van der Waals surface area contributed by atoms with Gasteiger partial charge >= 0.3 is 0 Å². The van der Waals surface area contributed by atoms with Crippen LogP contribution in [-0.2, 0) is 11.2 Å². The van der Waals surface area contributed by atoms with Crippen LogP contribution in [0.15, 0.2) is 30.3 Å². The molecule has 6 nitrogen and oxygen atoms in total. The molecule has 7 heteroatoms. The molecule has 3 rings (SSSR count). The first-order valence-electron chi connectivity index (χ1n) is 8.42. The van der Waals surface area contributed by atoms with Crippen LogP contribution in [0.1, 0.15) is 11.3 Å². The molecule has 0 unspecified atom stereocenters. The number of hydrogen-bond donors (Lipinski definition) is 1. The molecule has 1 aromatic heterocycles. The summed E-state index contributed by atoms with van der Waals surface area (Å²) in [4.78, 5) is 23.9. The van der Waals surface area contributed by atoms with Crippen molar-refractivity contribution in [2.75, 3.05) is 42.9 Å². The summed E-state index contributed by atoms with van der Waals surface area (Å²) in [6, 6.07) is 9.83. The Morgan fingerprint density at radius 3 is 2.56 bits per heavy atom. The molecule has 0 radical (unpaired) electrons. The lowest BCUT2D eigenvalue weighted by molar-refractivity contribution is -0.118. The van der Waals surface area contributed by atoms with E-state index in [1.54, 1.807) is 4.90 Å². The minimum atomic E-state index is 0.708. The van der Waals surface area contributed by atoms with Gasteiger partial charge in [-0.3, -0.25) is 4.79 Å². The van der Waals surface area contributed by atoms with Crippen LogP contribution >= 0.6 is 11.6 Å². The Labute approximate surface area is 152 Å². The molecular weight excluding hydrogens is 338 g/mol. The van der Waals surface area contributed by atoms with Crippen molar-refractivity contribution in [3.63, 3.8) is 0 Å². The molecule has 1 amide bonds. The van der Waals surface area contributed by atoms with Gasteiger partial charge in [0, 0.05) is 49.5 Å². The number of aromatic nitrogens is 2. The third-order valence-electron chi connectivity index (χ3n) is 4.22. The van der Waals surface area contributed by atoms with Crippen molar-refractivity contribution in [3.8, 4) is 0 Å². The lowest BCUT2D eigenvalue weighted by Gasteiger charge is -2.32. The summed E-state index contributed by atoms with van der Waals surface area (Å²) in [7, 11) is 0. The second kappa shape index (κ2) is 8.16. The lowest BCUT2D eigenvalue weighted by Crippen LogP contribution is -2.46. The number of amides is 1. The fraction of sp³-hybridized carbons (Fsp3) is 0.389. The van der Waals surface area contributed by atoms with Crippen LogP contribution in [-0.4, -0.2) is 54.0 Å². The van der Waals surface area contributed by atoms with Crippen LogP contribution in [0, 0.1) is 6.92 Å².